The predicted molar refractivity (Wildman–Crippen MR) is 92.3 cm³/mol. The molecule has 1 heterocycles. The number of carbonyl (C=O) groups excluding carboxylic acids is 1. The van der Waals surface area contributed by atoms with E-state index in [1.165, 1.54) is 0 Å². The van der Waals surface area contributed by atoms with Gasteiger partial charge in [-0.1, -0.05) is 20.8 Å². The Morgan fingerprint density at radius 1 is 1.33 bits per heavy atom. The van der Waals surface area contributed by atoms with Gasteiger partial charge < -0.3 is 10.6 Å². The van der Waals surface area contributed by atoms with E-state index in [2.05, 4.69) is 29.5 Å². The minimum atomic E-state index is -0.0177. The van der Waals surface area contributed by atoms with E-state index >= 15 is 0 Å². The lowest BCUT2D eigenvalue weighted by Gasteiger charge is -2.14. The fraction of sp³-hybridized carbons (Fsp3) is 0.625. The number of pyridine rings is 1. The van der Waals surface area contributed by atoms with E-state index in [4.69, 9.17) is 0 Å². The molecular weight excluding hydrogens is 282 g/mol. The van der Waals surface area contributed by atoms with E-state index in [0.29, 0.717) is 5.56 Å². The van der Waals surface area contributed by atoms with Crippen LogP contribution in [0.25, 0.3) is 0 Å². The molecule has 0 aliphatic rings. The maximum Gasteiger partial charge on any atom is 0.251 e. The summed E-state index contributed by atoms with van der Waals surface area (Å²) in [5.74, 6) is 2.78. The van der Waals surface area contributed by atoms with E-state index in [1.807, 2.05) is 37.7 Å². The molecule has 0 saturated carbocycles. The van der Waals surface area contributed by atoms with Crippen molar-refractivity contribution < 1.29 is 4.79 Å². The van der Waals surface area contributed by atoms with Gasteiger partial charge in [-0.25, -0.2) is 4.98 Å². The van der Waals surface area contributed by atoms with Crippen molar-refractivity contribution in [3.63, 3.8) is 0 Å². The van der Waals surface area contributed by atoms with E-state index in [9.17, 15) is 4.79 Å². The van der Waals surface area contributed by atoms with Crippen LogP contribution in [0.15, 0.2) is 12.1 Å². The summed E-state index contributed by atoms with van der Waals surface area (Å²) < 4.78 is 0. The summed E-state index contributed by atoms with van der Waals surface area (Å²) >= 11 is 1.84. The summed E-state index contributed by atoms with van der Waals surface area (Å²) in [6.07, 6.45) is 1.86. The standard InChI is InChI=1S/C16H27N3OS/c1-5-8-17-15-10-13(9-14(6-2)19-15)16(20)18-12(4)11-21-7-3/h9-10,12H,5-8,11H2,1-4H3,(H,17,19)(H,18,20). The summed E-state index contributed by atoms with van der Waals surface area (Å²) in [5.41, 5.74) is 1.63. The second kappa shape index (κ2) is 9.66. The highest BCUT2D eigenvalue weighted by Crippen LogP contribution is 2.12. The molecule has 0 bridgehead atoms. The van der Waals surface area contributed by atoms with Gasteiger partial charge in [-0.2, -0.15) is 11.8 Å². The van der Waals surface area contributed by atoms with E-state index < -0.39 is 0 Å². The van der Waals surface area contributed by atoms with Gasteiger partial charge in [0.1, 0.15) is 5.82 Å². The lowest BCUT2D eigenvalue weighted by molar-refractivity contribution is 0.0943. The number of nitrogens with zero attached hydrogens (tertiary/aromatic N) is 1. The average Bonchev–Trinajstić information content (AvgIpc) is 2.50. The first-order valence-electron chi connectivity index (χ1n) is 7.74. The second-order valence-corrected chi connectivity index (χ2v) is 6.37. The molecule has 0 aliphatic heterocycles. The van der Waals surface area contributed by atoms with Gasteiger partial charge in [0, 0.05) is 29.6 Å². The van der Waals surface area contributed by atoms with Crippen molar-refractivity contribution in [2.75, 3.05) is 23.4 Å². The molecule has 1 aromatic rings. The Morgan fingerprint density at radius 3 is 2.71 bits per heavy atom. The summed E-state index contributed by atoms with van der Waals surface area (Å²) in [5, 5.41) is 6.31. The minimum absolute atomic E-state index is 0.0177. The van der Waals surface area contributed by atoms with Crippen LogP contribution >= 0.6 is 11.8 Å². The maximum atomic E-state index is 12.3. The van der Waals surface area contributed by atoms with Crippen LogP contribution < -0.4 is 10.6 Å². The number of aromatic nitrogens is 1. The van der Waals surface area contributed by atoms with Gasteiger partial charge >= 0.3 is 0 Å². The highest BCUT2D eigenvalue weighted by Gasteiger charge is 2.12. The molecule has 4 nitrogen and oxygen atoms in total. The first-order valence-corrected chi connectivity index (χ1v) is 8.89. The van der Waals surface area contributed by atoms with E-state index in [1.54, 1.807) is 0 Å². The summed E-state index contributed by atoms with van der Waals surface area (Å²) in [4.78, 5) is 16.8. The molecule has 1 atom stereocenters. The number of anilines is 1. The third-order valence-electron chi connectivity index (χ3n) is 3.01. The molecule has 1 unspecified atom stereocenters. The Morgan fingerprint density at radius 2 is 2.10 bits per heavy atom. The largest absolute Gasteiger partial charge is 0.370 e. The lowest BCUT2D eigenvalue weighted by Crippen LogP contribution is -2.34. The molecule has 0 spiro atoms. The zero-order valence-corrected chi connectivity index (χ0v) is 14.3. The smallest absolute Gasteiger partial charge is 0.251 e. The normalized spacial score (nSPS) is 12.0. The number of thioether (sulfide) groups is 1. The van der Waals surface area contributed by atoms with Crippen molar-refractivity contribution in [2.45, 2.75) is 46.6 Å². The van der Waals surface area contributed by atoms with Gasteiger partial charge in [0.15, 0.2) is 0 Å². The summed E-state index contributed by atoms with van der Waals surface area (Å²) in [6.45, 7) is 9.19. The molecule has 0 fully saturated rings. The van der Waals surface area contributed by atoms with Crippen molar-refractivity contribution in [2.24, 2.45) is 0 Å². The number of hydrogen-bond acceptors (Lipinski definition) is 4. The van der Waals surface area contributed by atoms with Gasteiger partial charge in [0.25, 0.3) is 5.91 Å². The molecule has 1 rings (SSSR count). The Bertz CT molecular complexity index is 451. The number of carbonyl (C=O) groups is 1. The van der Waals surface area contributed by atoms with Crippen LogP contribution in [0.3, 0.4) is 0 Å². The molecule has 1 aromatic heterocycles. The van der Waals surface area contributed by atoms with Crippen molar-refractivity contribution in [1.29, 1.82) is 0 Å². The van der Waals surface area contributed by atoms with Crippen LogP contribution in [0.4, 0.5) is 5.82 Å². The highest BCUT2D eigenvalue weighted by atomic mass is 32.2. The number of amides is 1. The van der Waals surface area contributed by atoms with Crippen LogP contribution in [-0.2, 0) is 6.42 Å². The Kier molecular flexibility index (Phi) is 8.20. The SMILES string of the molecule is CCCNc1cc(C(=O)NC(C)CSCC)cc(CC)n1. The van der Waals surface area contributed by atoms with Crippen molar-refractivity contribution in [1.82, 2.24) is 10.3 Å². The van der Waals surface area contributed by atoms with Crippen LogP contribution in [0, 0.1) is 0 Å². The zero-order chi connectivity index (χ0) is 15.7. The lowest BCUT2D eigenvalue weighted by atomic mass is 10.1. The Balaban J connectivity index is 2.77. The number of rotatable bonds is 9. The third kappa shape index (κ3) is 6.38. The molecule has 1 amide bonds. The van der Waals surface area contributed by atoms with Gasteiger partial charge in [0.05, 0.1) is 0 Å². The maximum absolute atomic E-state index is 12.3. The van der Waals surface area contributed by atoms with E-state index in [0.717, 1.165) is 42.4 Å². The fourth-order valence-corrected chi connectivity index (χ4v) is 2.56. The topological polar surface area (TPSA) is 54.0 Å². The van der Waals surface area contributed by atoms with Crippen LogP contribution in [0.2, 0.25) is 0 Å². The van der Waals surface area contributed by atoms with E-state index in [-0.39, 0.29) is 11.9 Å². The molecule has 5 heteroatoms. The van der Waals surface area contributed by atoms with Gasteiger partial charge in [-0.15, -0.1) is 0 Å². The van der Waals surface area contributed by atoms with Crippen molar-refractivity contribution in [3.8, 4) is 0 Å². The molecular formula is C16H27N3OS. The van der Waals surface area contributed by atoms with Crippen molar-refractivity contribution in [3.05, 3.63) is 23.4 Å². The molecule has 2 N–H and O–H groups in total. The number of aryl methyl sites for hydroxylation is 1. The molecule has 21 heavy (non-hydrogen) atoms. The van der Waals surface area contributed by atoms with Gasteiger partial charge in [0.2, 0.25) is 0 Å². The quantitative estimate of drug-likeness (QED) is 0.734. The molecule has 0 radical (unpaired) electrons. The van der Waals surface area contributed by atoms with Crippen LogP contribution in [0.1, 0.15) is 50.2 Å². The second-order valence-electron chi connectivity index (χ2n) is 5.05. The number of nitrogens with one attached hydrogen (secondary N) is 2. The highest BCUT2D eigenvalue weighted by molar-refractivity contribution is 7.99. The Hall–Kier alpha value is -1.23. The molecule has 118 valence electrons. The summed E-state index contributed by atoms with van der Waals surface area (Å²) in [7, 11) is 0. The third-order valence-corrected chi connectivity index (χ3v) is 4.15. The minimum Gasteiger partial charge on any atom is -0.370 e. The average molecular weight is 309 g/mol. The number of hydrogen-bond donors (Lipinski definition) is 2. The van der Waals surface area contributed by atoms with Gasteiger partial charge in [-0.3, -0.25) is 4.79 Å². The Labute approximate surface area is 132 Å². The molecule has 0 saturated heterocycles. The van der Waals surface area contributed by atoms with Crippen LogP contribution in [0.5, 0.6) is 0 Å². The molecule has 0 aromatic carbocycles. The fourth-order valence-electron chi connectivity index (χ4n) is 1.89. The first kappa shape index (κ1) is 17.8. The zero-order valence-electron chi connectivity index (χ0n) is 13.5. The molecule has 0 aliphatic carbocycles. The monoisotopic (exact) mass is 309 g/mol. The predicted octanol–water partition coefficient (Wildman–Crippen LogP) is 3.34. The summed E-state index contributed by atoms with van der Waals surface area (Å²) in [6, 6.07) is 3.89. The van der Waals surface area contributed by atoms with Crippen molar-refractivity contribution >= 4 is 23.5 Å². The van der Waals surface area contributed by atoms with Crippen LogP contribution in [-0.4, -0.2) is 35.0 Å². The first-order chi connectivity index (χ1) is 10.1. The van der Waals surface area contributed by atoms with Gasteiger partial charge in [-0.05, 0) is 37.7 Å².